The summed E-state index contributed by atoms with van der Waals surface area (Å²) in [7, 11) is 1.56. The third-order valence-corrected chi connectivity index (χ3v) is 4.41. The number of anilines is 3. The van der Waals surface area contributed by atoms with Crippen LogP contribution in [0.25, 0.3) is 6.08 Å². The Balaban J connectivity index is 1.53. The minimum absolute atomic E-state index is 0.288. The molecule has 7 heteroatoms. The highest BCUT2D eigenvalue weighted by molar-refractivity contribution is 6.02. The zero-order valence-electron chi connectivity index (χ0n) is 18.2. The molecule has 0 bridgehead atoms. The normalized spacial score (nSPS) is 10.3. The Morgan fingerprint density at radius 1 is 0.848 bits per heavy atom. The monoisotopic (exact) mass is 443 g/mol. The van der Waals surface area contributed by atoms with Gasteiger partial charge in [0, 0.05) is 23.1 Å². The van der Waals surface area contributed by atoms with Crippen LogP contribution in [0.5, 0.6) is 11.5 Å². The van der Waals surface area contributed by atoms with Crippen LogP contribution >= 0.6 is 0 Å². The summed E-state index contributed by atoms with van der Waals surface area (Å²) < 4.78 is 10.9. The zero-order valence-corrected chi connectivity index (χ0v) is 18.2. The third kappa shape index (κ3) is 7.29. The van der Waals surface area contributed by atoms with E-state index in [1.54, 1.807) is 67.8 Å². The molecule has 0 aliphatic heterocycles. The summed E-state index contributed by atoms with van der Waals surface area (Å²) in [6.45, 7) is 4.00. The number of carbonyl (C=O) groups excluding carboxylic acids is 2. The molecule has 0 saturated carbocycles. The number of carbonyl (C=O) groups is 2. The lowest BCUT2D eigenvalue weighted by atomic mass is 10.2. The Kier molecular flexibility index (Phi) is 8.25. The maximum Gasteiger partial charge on any atom is 0.323 e. The van der Waals surface area contributed by atoms with E-state index in [1.165, 1.54) is 6.08 Å². The summed E-state index contributed by atoms with van der Waals surface area (Å²) in [6, 6.07) is 21.0. The Morgan fingerprint density at radius 2 is 1.48 bits per heavy atom. The number of urea groups is 1. The van der Waals surface area contributed by atoms with Gasteiger partial charge in [0.2, 0.25) is 5.91 Å². The summed E-state index contributed by atoms with van der Waals surface area (Å²) in [6.07, 6.45) is 4.76. The fourth-order valence-corrected chi connectivity index (χ4v) is 2.86. The van der Waals surface area contributed by atoms with Crippen LogP contribution in [0.4, 0.5) is 21.9 Å². The predicted octanol–water partition coefficient (Wildman–Crippen LogP) is 5.56. The van der Waals surface area contributed by atoms with Crippen molar-refractivity contribution in [3.8, 4) is 11.5 Å². The van der Waals surface area contributed by atoms with Crippen LogP contribution in [0.15, 0.2) is 91.5 Å². The van der Waals surface area contributed by atoms with Crippen molar-refractivity contribution in [1.29, 1.82) is 0 Å². The lowest BCUT2D eigenvalue weighted by Gasteiger charge is -2.10. The first-order chi connectivity index (χ1) is 16.1. The first-order valence-electron chi connectivity index (χ1n) is 10.2. The van der Waals surface area contributed by atoms with Gasteiger partial charge in [0.15, 0.2) is 11.5 Å². The van der Waals surface area contributed by atoms with Gasteiger partial charge in [-0.3, -0.25) is 4.79 Å². The van der Waals surface area contributed by atoms with E-state index in [1.807, 2.05) is 24.3 Å². The number of rotatable bonds is 9. The molecule has 0 aliphatic rings. The molecule has 0 spiro atoms. The summed E-state index contributed by atoms with van der Waals surface area (Å²) in [5.74, 6) is 0.882. The molecule has 33 heavy (non-hydrogen) atoms. The van der Waals surface area contributed by atoms with Crippen LogP contribution in [-0.4, -0.2) is 25.7 Å². The number of methoxy groups -OCH3 is 1. The van der Waals surface area contributed by atoms with Gasteiger partial charge in [-0.15, -0.1) is 0 Å². The molecule has 3 aromatic rings. The average molecular weight is 444 g/mol. The van der Waals surface area contributed by atoms with Crippen LogP contribution < -0.4 is 25.4 Å². The second-order valence-electron chi connectivity index (χ2n) is 6.86. The maximum atomic E-state index is 12.3. The van der Waals surface area contributed by atoms with Gasteiger partial charge < -0.3 is 25.4 Å². The van der Waals surface area contributed by atoms with E-state index in [9.17, 15) is 9.59 Å². The van der Waals surface area contributed by atoms with E-state index < -0.39 is 0 Å². The Bertz CT molecular complexity index is 1130. The average Bonchev–Trinajstić information content (AvgIpc) is 2.83. The van der Waals surface area contributed by atoms with E-state index in [0.717, 1.165) is 5.56 Å². The van der Waals surface area contributed by atoms with Crippen molar-refractivity contribution in [2.45, 2.75) is 0 Å². The second kappa shape index (κ2) is 11.8. The van der Waals surface area contributed by atoms with Crippen molar-refractivity contribution in [2.75, 3.05) is 29.7 Å². The van der Waals surface area contributed by atoms with Gasteiger partial charge in [-0.05, 0) is 60.2 Å². The molecule has 0 fully saturated rings. The Hall–Kier alpha value is -4.52. The molecule has 0 radical (unpaired) electrons. The highest BCUT2D eigenvalue weighted by Crippen LogP contribution is 2.28. The molecule has 0 unspecified atom stereocenters. The van der Waals surface area contributed by atoms with Gasteiger partial charge >= 0.3 is 6.03 Å². The van der Waals surface area contributed by atoms with Crippen molar-refractivity contribution in [2.24, 2.45) is 0 Å². The van der Waals surface area contributed by atoms with Crippen molar-refractivity contribution < 1.29 is 19.1 Å². The molecule has 0 aromatic heterocycles. The van der Waals surface area contributed by atoms with Crippen molar-refractivity contribution in [1.82, 2.24) is 0 Å². The number of nitrogens with one attached hydrogen (secondary N) is 3. The largest absolute Gasteiger partial charge is 0.493 e. The highest BCUT2D eigenvalue weighted by atomic mass is 16.5. The molecule has 0 aliphatic carbocycles. The van der Waals surface area contributed by atoms with Crippen LogP contribution in [-0.2, 0) is 4.79 Å². The SMILES string of the molecule is C=CCOc1ccc(C=CC(=O)Nc2ccc(NC(=O)Nc3ccccc3)cc2)cc1OC. The molecule has 3 amide bonds. The van der Waals surface area contributed by atoms with Gasteiger partial charge in [-0.25, -0.2) is 4.79 Å². The van der Waals surface area contributed by atoms with E-state index >= 15 is 0 Å². The second-order valence-corrected chi connectivity index (χ2v) is 6.86. The van der Waals surface area contributed by atoms with Gasteiger partial charge in [-0.2, -0.15) is 0 Å². The smallest absolute Gasteiger partial charge is 0.323 e. The summed E-state index contributed by atoms with van der Waals surface area (Å²) in [5.41, 5.74) is 2.69. The van der Waals surface area contributed by atoms with E-state index in [-0.39, 0.29) is 11.9 Å². The molecular formula is C26H25N3O4. The molecule has 0 saturated heterocycles. The lowest BCUT2D eigenvalue weighted by molar-refractivity contribution is -0.111. The van der Waals surface area contributed by atoms with Gasteiger partial charge in [0.1, 0.15) is 6.61 Å². The maximum absolute atomic E-state index is 12.3. The lowest BCUT2D eigenvalue weighted by Crippen LogP contribution is -2.19. The minimum atomic E-state index is -0.350. The van der Waals surface area contributed by atoms with E-state index in [4.69, 9.17) is 9.47 Å². The number of amides is 3. The van der Waals surface area contributed by atoms with Gasteiger partial charge in [-0.1, -0.05) is 36.9 Å². The molecule has 3 aromatic carbocycles. The van der Waals surface area contributed by atoms with Crippen LogP contribution in [0.3, 0.4) is 0 Å². The number of ether oxygens (including phenoxy) is 2. The molecular weight excluding hydrogens is 418 g/mol. The quantitative estimate of drug-likeness (QED) is 0.299. The number of para-hydroxylation sites is 1. The molecule has 3 rings (SSSR count). The first kappa shape index (κ1) is 23.1. The summed E-state index contributed by atoms with van der Waals surface area (Å²) in [5, 5.41) is 8.26. The number of benzene rings is 3. The van der Waals surface area contributed by atoms with Crippen LogP contribution in [0.1, 0.15) is 5.56 Å². The van der Waals surface area contributed by atoms with E-state index in [0.29, 0.717) is 35.2 Å². The first-order valence-corrected chi connectivity index (χ1v) is 10.2. The van der Waals surface area contributed by atoms with Crippen molar-refractivity contribution in [3.05, 3.63) is 97.1 Å². The number of hydrogen-bond donors (Lipinski definition) is 3. The molecule has 0 heterocycles. The minimum Gasteiger partial charge on any atom is -0.493 e. The van der Waals surface area contributed by atoms with Gasteiger partial charge in [0.05, 0.1) is 7.11 Å². The summed E-state index contributed by atoms with van der Waals surface area (Å²) in [4.78, 5) is 24.3. The predicted molar refractivity (Wildman–Crippen MR) is 132 cm³/mol. The standard InChI is InChI=1S/C26H25N3O4/c1-3-17-33-23-15-9-19(18-24(23)32-2)10-16-25(30)27-21-11-13-22(14-12-21)29-26(31)28-20-7-5-4-6-8-20/h3-16,18H,1,17H2,2H3,(H,27,30)(H2,28,29,31). The van der Waals surface area contributed by atoms with Crippen LogP contribution in [0.2, 0.25) is 0 Å². The zero-order chi connectivity index (χ0) is 23.5. The molecule has 168 valence electrons. The van der Waals surface area contributed by atoms with Crippen molar-refractivity contribution >= 4 is 35.1 Å². The number of hydrogen-bond acceptors (Lipinski definition) is 4. The Morgan fingerprint density at radius 3 is 2.12 bits per heavy atom. The fraction of sp³-hybridized carbons (Fsp3) is 0.0769. The molecule has 3 N–H and O–H groups in total. The van der Waals surface area contributed by atoms with Crippen LogP contribution in [0, 0.1) is 0 Å². The Labute approximate surface area is 192 Å². The highest BCUT2D eigenvalue weighted by Gasteiger charge is 2.06. The molecule has 7 nitrogen and oxygen atoms in total. The third-order valence-electron chi connectivity index (χ3n) is 4.41. The topological polar surface area (TPSA) is 88.7 Å². The fourth-order valence-electron chi connectivity index (χ4n) is 2.86. The summed E-state index contributed by atoms with van der Waals surface area (Å²) >= 11 is 0. The van der Waals surface area contributed by atoms with Crippen molar-refractivity contribution in [3.63, 3.8) is 0 Å². The van der Waals surface area contributed by atoms with E-state index in [2.05, 4.69) is 22.5 Å². The van der Waals surface area contributed by atoms with Gasteiger partial charge in [0.25, 0.3) is 0 Å². The molecule has 0 atom stereocenters.